The fourth-order valence-electron chi connectivity index (χ4n) is 2.26. The lowest BCUT2D eigenvalue weighted by Gasteiger charge is -2.14. The lowest BCUT2D eigenvalue weighted by Crippen LogP contribution is -2.31. The Morgan fingerprint density at radius 3 is 2.65 bits per heavy atom. The molecule has 2 N–H and O–H groups in total. The van der Waals surface area contributed by atoms with Crippen molar-refractivity contribution in [1.29, 1.82) is 0 Å². The van der Waals surface area contributed by atoms with Gasteiger partial charge in [-0.15, -0.1) is 0 Å². The van der Waals surface area contributed by atoms with Crippen molar-refractivity contribution in [3.63, 3.8) is 0 Å². The number of nitrogens with zero attached hydrogens (tertiary/aromatic N) is 1. The number of rotatable bonds is 5. The van der Waals surface area contributed by atoms with Gasteiger partial charge in [-0.1, -0.05) is 23.2 Å². The Balaban J connectivity index is 1.65. The summed E-state index contributed by atoms with van der Waals surface area (Å²) in [4.78, 5) is 14.1. The summed E-state index contributed by atoms with van der Waals surface area (Å²) < 4.78 is 0. The summed E-state index contributed by atoms with van der Waals surface area (Å²) in [6.45, 7) is 4.10. The first-order valence-corrected chi connectivity index (χ1v) is 7.63. The largest absolute Gasteiger partial charge is 0.338 e. The Hall–Kier alpha value is -0.970. The highest BCUT2D eigenvalue weighted by molar-refractivity contribution is 6.42. The van der Waals surface area contributed by atoms with Gasteiger partial charge in [-0.3, -0.25) is 0 Å². The van der Waals surface area contributed by atoms with Gasteiger partial charge >= 0.3 is 6.03 Å². The van der Waals surface area contributed by atoms with Crippen molar-refractivity contribution in [3.8, 4) is 0 Å². The van der Waals surface area contributed by atoms with Crippen LogP contribution in [0.2, 0.25) is 10.0 Å². The summed E-state index contributed by atoms with van der Waals surface area (Å²) in [5.74, 6) is 0. The number of hydrogen-bond acceptors (Lipinski definition) is 2. The minimum absolute atomic E-state index is 0.218. The molecule has 1 heterocycles. The molecule has 0 bridgehead atoms. The third-order valence-corrected chi connectivity index (χ3v) is 4.05. The third kappa shape index (κ3) is 4.85. The average Bonchev–Trinajstić information content (AvgIpc) is 2.92. The number of carbonyl (C=O) groups excluding carboxylic acids is 1. The molecular formula is C14H19Cl2N3O. The van der Waals surface area contributed by atoms with Crippen LogP contribution in [0.3, 0.4) is 0 Å². The van der Waals surface area contributed by atoms with Crippen molar-refractivity contribution in [2.24, 2.45) is 0 Å². The second-order valence-corrected chi connectivity index (χ2v) is 5.73. The number of hydrogen-bond donors (Lipinski definition) is 2. The van der Waals surface area contributed by atoms with Gasteiger partial charge in [0, 0.05) is 12.2 Å². The van der Waals surface area contributed by atoms with Crippen molar-refractivity contribution in [1.82, 2.24) is 10.2 Å². The molecule has 1 saturated heterocycles. The molecule has 0 radical (unpaired) electrons. The van der Waals surface area contributed by atoms with Crippen molar-refractivity contribution in [3.05, 3.63) is 28.2 Å². The highest BCUT2D eigenvalue weighted by Crippen LogP contribution is 2.24. The number of anilines is 1. The van der Waals surface area contributed by atoms with E-state index in [0.29, 0.717) is 22.3 Å². The van der Waals surface area contributed by atoms with Crippen LogP contribution in [0.5, 0.6) is 0 Å². The standard InChI is InChI=1S/C14H19Cl2N3O/c15-12-5-4-11(10-13(12)16)18-14(20)17-6-3-9-19-7-1-2-8-19/h4-5,10H,1-3,6-9H2,(H2,17,18,20). The fourth-order valence-corrected chi connectivity index (χ4v) is 2.56. The molecule has 1 aliphatic heterocycles. The monoisotopic (exact) mass is 315 g/mol. The molecule has 1 aromatic carbocycles. The molecule has 1 fully saturated rings. The van der Waals surface area contributed by atoms with E-state index in [-0.39, 0.29) is 6.03 Å². The van der Waals surface area contributed by atoms with Gasteiger partial charge in [-0.25, -0.2) is 4.79 Å². The minimum atomic E-state index is -0.218. The van der Waals surface area contributed by atoms with Crippen LogP contribution >= 0.6 is 23.2 Å². The molecule has 2 amide bonds. The summed E-state index contributed by atoms with van der Waals surface area (Å²) in [5.41, 5.74) is 0.636. The normalized spacial score (nSPS) is 15.3. The Morgan fingerprint density at radius 1 is 1.20 bits per heavy atom. The Bertz CT molecular complexity index is 462. The lowest BCUT2D eigenvalue weighted by atomic mass is 10.3. The first-order valence-electron chi connectivity index (χ1n) is 6.87. The second-order valence-electron chi connectivity index (χ2n) is 4.91. The molecule has 6 heteroatoms. The quantitative estimate of drug-likeness (QED) is 0.815. The minimum Gasteiger partial charge on any atom is -0.338 e. The van der Waals surface area contributed by atoms with Crippen LogP contribution < -0.4 is 10.6 Å². The fraction of sp³-hybridized carbons (Fsp3) is 0.500. The zero-order valence-corrected chi connectivity index (χ0v) is 12.8. The van der Waals surface area contributed by atoms with Crippen LogP contribution in [0.1, 0.15) is 19.3 Å². The van der Waals surface area contributed by atoms with Gasteiger partial charge in [0.25, 0.3) is 0 Å². The zero-order valence-electron chi connectivity index (χ0n) is 11.3. The van der Waals surface area contributed by atoms with E-state index in [4.69, 9.17) is 23.2 Å². The van der Waals surface area contributed by atoms with Crippen molar-refractivity contribution < 1.29 is 4.79 Å². The number of likely N-dealkylation sites (tertiary alicyclic amines) is 1. The molecule has 0 atom stereocenters. The number of urea groups is 1. The molecule has 20 heavy (non-hydrogen) atoms. The number of amides is 2. The van der Waals surface area contributed by atoms with E-state index in [9.17, 15) is 4.79 Å². The topological polar surface area (TPSA) is 44.4 Å². The highest BCUT2D eigenvalue weighted by atomic mass is 35.5. The van der Waals surface area contributed by atoms with Crippen LogP contribution in [0.25, 0.3) is 0 Å². The smallest absolute Gasteiger partial charge is 0.319 e. The van der Waals surface area contributed by atoms with Gasteiger partial charge in [0.05, 0.1) is 10.0 Å². The molecular weight excluding hydrogens is 297 g/mol. The maximum absolute atomic E-state index is 11.7. The van der Waals surface area contributed by atoms with E-state index < -0.39 is 0 Å². The summed E-state index contributed by atoms with van der Waals surface area (Å²) >= 11 is 11.7. The van der Waals surface area contributed by atoms with Gasteiger partial charge < -0.3 is 15.5 Å². The molecule has 0 aromatic heterocycles. The van der Waals surface area contributed by atoms with E-state index in [0.717, 1.165) is 13.0 Å². The van der Waals surface area contributed by atoms with Crippen molar-refractivity contribution in [2.45, 2.75) is 19.3 Å². The van der Waals surface area contributed by atoms with E-state index in [1.807, 2.05) is 0 Å². The third-order valence-electron chi connectivity index (χ3n) is 3.31. The van der Waals surface area contributed by atoms with Gasteiger partial charge in [0.1, 0.15) is 0 Å². The van der Waals surface area contributed by atoms with Gasteiger partial charge in [-0.2, -0.15) is 0 Å². The average molecular weight is 316 g/mol. The SMILES string of the molecule is O=C(NCCCN1CCCC1)Nc1ccc(Cl)c(Cl)c1. The van der Waals surface area contributed by atoms with Crippen LogP contribution in [-0.4, -0.2) is 37.1 Å². The van der Waals surface area contributed by atoms with Crippen LogP contribution in [0.15, 0.2) is 18.2 Å². The van der Waals surface area contributed by atoms with Gasteiger partial charge in [0.2, 0.25) is 0 Å². The lowest BCUT2D eigenvalue weighted by molar-refractivity contribution is 0.251. The summed E-state index contributed by atoms with van der Waals surface area (Å²) in [5, 5.41) is 6.47. The van der Waals surface area contributed by atoms with E-state index >= 15 is 0 Å². The Labute approximate surface area is 129 Å². The zero-order chi connectivity index (χ0) is 14.4. The summed E-state index contributed by atoms with van der Waals surface area (Å²) in [7, 11) is 0. The predicted octanol–water partition coefficient (Wildman–Crippen LogP) is 3.60. The molecule has 0 saturated carbocycles. The molecule has 0 aliphatic carbocycles. The maximum Gasteiger partial charge on any atom is 0.319 e. The number of halogens is 2. The number of benzene rings is 1. The first kappa shape index (κ1) is 15.4. The predicted molar refractivity (Wildman–Crippen MR) is 83.8 cm³/mol. The van der Waals surface area contributed by atoms with Crippen LogP contribution in [0.4, 0.5) is 10.5 Å². The molecule has 0 spiro atoms. The van der Waals surface area contributed by atoms with Crippen LogP contribution in [0, 0.1) is 0 Å². The van der Waals surface area contributed by atoms with Gasteiger partial charge in [-0.05, 0) is 57.1 Å². The van der Waals surface area contributed by atoms with Gasteiger partial charge in [0.15, 0.2) is 0 Å². The van der Waals surface area contributed by atoms with E-state index in [1.165, 1.54) is 25.9 Å². The second kappa shape index (κ2) is 7.72. The summed E-state index contributed by atoms with van der Waals surface area (Å²) in [6, 6.07) is 4.79. The van der Waals surface area contributed by atoms with E-state index in [1.54, 1.807) is 18.2 Å². The highest BCUT2D eigenvalue weighted by Gasteiger charge is 2.10. The van der Waals surface area contributed by atoms with E-state index in [2.05, 4.69) is 15.5 Å². The molecule has 2 rings (SSSR count). The summed E-state index contributed by atoms with van der Waals surface area (Å²) in [6.07, 6.45) is 3.56. The molecule has 1 aromatic rings. The molecule has 0 unspecified atom stereocenters. The molecule has 110 valence electrons. The Morgan fingerprint density at radius 2 is 1.95 bits per heavy atom. The van der Waals surface area contributed by atoms with Crippen molar-refractivity contribution in [2.75, 3.05) is 31.5 Å². The Kier molecular flexibility index (Phi) is 5.95. The maximum atomic E-state index is 11.7. The first-order chi connectivity index (χ1) is 9.65. The number of nitrogens with one attached hydrogen (secondary N) is 2. The molecule has 1 aliphatic rings. The number of carbonyl (C=O) groups is 1. The molecule has 4 nitrogen and oxygen atoms in total. The van der Waals surface area contributed by atoms with Crippen LogP contribution in [-0.2, 0) is 0 Å². The van der Waals surface area contributed by atoms with Crippen molar-refractivity contribution >= 4 is 34.9 Å².